The van der Waals surface area contributed by atoms with Crippen LogP contribution in [0.3, 0.4) is 0 Å². The zero-order chi connectivity index (χ0) is 18.7. The molecule has 138 valence electrons. The van der Waals surface area contributed by atoms with Crippen LogP contribution >= 0.6 is 0 Å². The minimum Gasteiger partial charge on any atom is -0.465 e. The Balaban J connectivity index is 1.89. The van der Waals surface area contributed by atoms with Crippen molar-refractivity contribution in [2.24, 2.45) is 11.5 Å². The third-order valence-corrected chi connectivity index (χ3v) is 4.54. The molecule has 3 rings (SSSR count). The van der Waals surface area contributed by atoms with Gasteiger partial charge in [0.25, 0.3) is 5.91 Å². The van der Waals surface area contributed by atoms with Gasteiger partial charge in [-0.05, 0) is 18.9 Å². The molecular weight excluding hydrogens is 336 g/mol. The van der Waals surface area contributed by atoms with Crippen molar-refractivity contribution in [3.05, 3.63) is 35.8 Å². The number of nitrogens with two attached hydrogens (primary N) is 2. The number of rotatable bonds is 5. The SMILES string of the molecule is COC(=O)c1cncc(Nc2nn(C3CCCCC3N)cc2C(N)=O)c1. The number of nitrogens with zero attached hydrogens (tertiary/aromatic N) is 3. The van der Waals surface area contributed by atoms with E-state index in [0.717, 1.165) is 25.7 Å². The van der Waals surface area contributed by atoms with Crippen molar-refractivity contribution in [1.82, 2.24) is 14.8 Å². The number of nitrogens with one attached hydrogen (secondary N) is 1. The molecule has 1 saturated carbocycles. The van der Waals surface area contributed by atoms with E-state index in [9.17, 15) is 9.59 Å². The molecular formula is C17H22N6O3. The molecule has 26 heavy (non-hydrogen) atoms. The van der Waals surface area contributed by atoms with Gasteiger partial charge in [0, 0.05) is 18.4 Å². The third-order valence-electron chi connectivity index (χ3n) is 4.54. The largest absolute Gasteiger partial charge is 0.465 e. The Morgan fingerprint density at radius 2 is 2.08 bits per heavy atom. The molecule has 0 saturated heterocycles. The Hall–Kier alpha value is -2.94. The van der Waals surface area contributed by atoms with Crippen LogP contribution in [0.5, 0.6) is 0 Å². The molecule has 0 aromatic carbocycles. The molecule has 1 amide bonds. The number of carbonyl (C=O) groups excluding carboxylic acids is 2. The van der Waals surface area contributed by atoms with E-state index in [1.54, 1.807) is 16.9 Å². The van der Waals surface area contributed by atoms with E-state index in [-0.39, 0.29) is 23.2 Å². The van der Waals surface area contributed by atoms with E-state index in [0.29, 0.717) is 11.5 Å². The minimum atomic E-state index is -0.597. The molecule has 1 aliphatic carbocycles. The molecule has 0 aliphatic heterocycles. The van der Waals surface area contributed by atoms with Crippen LogP contribution in [0, 0.1) is 0 Å². The Morgan fingerprint density at radius 3 is 2.77 bits per heavy atom. The van der Waals surface area contributed by atoms with Gasteiger partial charge < -0.3 is 21.5 Å². The molecule has 5 N–H and O–H groups in total. The maximum atomic E-state index is 11.8. The predicted molar refractivity (Wildman–Crippen MR) is 95.1 cm³/mol. The lowest BCUT2D eigenvalue weighted by Crippen LogP contribution is -2.35. The summed E-state index contributed by atoms with van der Waals surface area (Å²) in [5.41, 5.74) is 12.7. The van der Waals surface area contributed by atoms with Crippen molar-refractivity contribution in [1.29, 1.82) is 0 Å². The number of esters is 1. The van der Waals surface area contributed by atoms with Crippen LogP contribution in [0.1, 0.15) is 52.4 Å². The summed E-state index contributed by atoms with van der Waals surface area (Å²) in [7, 11) is 1.29. The van der Waals surface area contributed by atoms with Crippen LogP contribution in [0.2, 0.25) is 0 Å². The Bertz CT molecular complexity index is 819. The molecule has 1 fully saturated rings. The topological polar surface area (TPSA) is 138 Å². The smallest absolute Gasteiger partial charge is 0.339 e. The van der Waals surface area contributed by atoms with Crippen molar-refractivity contribution in [3.8, 4) is 0 Å². The van der Waals surface area contributed by atoms with Gasteiger partial charge in [0.1, 0.15) is 5.56 Å². The number of methoxy groups -OCH3 is 1. The number of hydrogen-bond donors (Lipinski definition) is 3. The normalized spacial score (nSPS) is 19.8. The van der Waals surface area contributed by atoms with Crippen LogP contribution in [0.25, 0.3) is 0 Å². The molecule has 2 heterocycles. The highest BCUT2D eigenvalue weighted by atomic mass is 16.5. The summed E-state index contributed by atoms with van der Waals surface area (Å²) in [6, 6.07) is 1.58. The second-order valence-electron chi connectivity index (χ2n) is 6.33. The van der Waals surface area contributed by atoms with Crippen LogP contribution in [0.4, 0.5) is 11.5 Å². The van der Waals surface area contributed by atoms with Gasteiger partial charge in [-0.3, -0.25) is 14.5 Å². The number of amides is 1. The zero-order valence-corrected chi connectivity index (χ0v) is 14.5. The summed E-state index contributed by atoms with van der Waals surface area (Å²) in [5, 5.41) is 7.48. The quantitative estimate of drug-likeness (QED) is 0.686. The highest BCUT2D eigenvalue weighted by Crippen LogP contribution is 2.29. The number of pyridine rings is 1. The Morgan fingerprint density at radius 1 is 1.31 bits per heavy atom. The molecule has 9 nitrogen and oxygen atoms in total. The third kappa shape index (κ3) is 3.67. The molecule has 2 aromatic heterocycles. The van der Waals surface area contributed by atoms with Crippen molar-refractivity contribution < 1.29 is 14.3 Å². The second kappa shape index (κ2) is 7.52. The fourth-order valence-electron chi connectivity index (χ4n) is 3.18. The maximum absolute atomic E-state index is 11.8. The first kappa shape index (κ1) is 17.9. The number of aromatic nitrogens is 3. The molecule has 2 unspecified atom stereocenters. The summed E-state index contributed by atoms with van der Waals surface area (Å²) >= 11 is 0. The average Bonchev–Trinajstić information content (AvgIpc) is 3.05. The first-order valence-electron chi connectivity index (χ1n) is 8.44. The van der Waals surface area contributed by atoms with Gasteiger partial charge in [0.2, 0.25) is 0 Å². The lowest BCUT2D eigenvalue weighted by molar-refractivity contribution is 0.0600. The van der Waals surface area contributed by atoms with E-state index in [1.807, 2.05) is 0 Å². The number of hydrogen-bond acceptors (Lipinski definition) is 7. The first-order valence-corrected chi connectivity index (χ1v) is 8.44. The number of primary amides is 1. The number of ether oxygens (including phenoxy) is 1. The lowest BCUT2D eigenvalue weighted by atomic mass is 9.91. The molecule has 0 bridgehead atoms. The first-order chi connectivity index (χ1) is 12.5. The van der Waals surface area contributed by atoms with Crippen LogP contribution in [-0.2, 0) is 4.74 Å². The molecule has 9 heteroatoms. The molecule has 0 spiro atoms. The summed E-state index contributed by atoms with van der Waals surface area (Å²) < 4.78 is 6.40. The summed E-state index contributed by atoms with van der Waals surface area (Å²) in [6.45, 7) is 0. The average molecular weight is 358 g/mol. The standard InChI is InChI=1S/C17H22N6O3/c1-26-17(25)10-6-11(8-20-7-10)21-16-12(15(19)24)9-23(22-16)14-5-3-2-4-13(14)18/h6-9,13-14H,2-5,18H2,1H3,(H2,19,24)(H,21,22). The zero-order valence-electron chi connectivity index (χ0n) is 14.5. The highest BCUT2D eigenvalue weighted by molar-refractivity contribution is 5.98. The van der Waals surface area contributed by atoms with E-state index in [4.69, 9.17) is 11.5 Å². The van der Waals surface area contributed by atoms with Crippen molar-refractivity contribution in [3.63, 3.8) is 0 Å². The van der Waals surface area contributed by atoms with Crippen LogP contribution in [-0.4, -0.2) is 39.8 Å². The summed E-state index contributed by atoms with van der Waals surface area (Å²) in [5.74, 6) is -0.797. The molecule has 2 atom stereocenters. The van der Waals surface area contributed by atoms with E-state index < -0.39 is 11.9 Å². The molecule has 0 radical (unpaired) electrons. The monoisotopic (exact) mass is 358 g/mol. The maximum Gasteiger partial charge on any atom is 0.339 e. The van der Waals surface area contributed by atoms with Gasteiger partial charge in [-0.2, -0.15) is 5.10 Å². The minimum absolute atomic E-state index is 0.0125. The van der Waals surface area contributed by atoms with Gasteiger partial charge >= 0.3 is 5.97 Å². The van der Waals surface area contributed by atoms with E-state index >= 15 is 0 Å². The van der Waals surface area contributed by atoms with Gasteiger partial charge in [0.15, 0.2) is 5.82 Å². The van der Waals surface area contributed by atoms with Crippen molar-refractivity contribution in [2.45, 2.75) is 37.8 Å². The van der Waals surface area contributed by atoms with Crippen LogP contribution in [0.15, 0.2) is 24.7 Å². The molecule has 1 aliphatic rings. The highest BCUT2D eigenvalue weighted by Gasteiger charge is 2.26. The summed E-state index contributed by atoms with van der Waals surface area (Å²) in [6.07, 6.45) is 8.52. The fourth-order valence-corrected chi connectivity index (χ4v) is 3.18. The van der Waals surface area contributed by atoms with Gasteiger partial charge in [-0.1, -0.05) is 12.8 Å². The molecule has 2 aromatic rings. The van der Waals surface area contributed by atoms with E-state index in [1.165, 1.54) is 19.5 Å². The van der Waals surface area contributed by atoms with Crippen molar-refractivity contribution in [2.75, 3.05) is 12.4 Å². The number of carbonyl (C=O) groups is 2. The van der Waals surface area contributed by atoms with Gasteiger partial charge in [-0.25, -0.2) is 4.79 Å². The van der Waals surface area contributed by atoms with E-state index in [2.05, 4.69) is 20.1 Å². The van der Waals surface area contributed by atoms with Crippen LogP contribution < -0.4 is 16.8 Å². The Labute approximate surface area is 150 Å². The second-order valence-corrected chi connectivity index (χ2v) is 6.33. The Kier molecular flexibility index (Phi) is 5.17. The summed E-state index contributed by atoms with van der Waals surface area (Å²) in [4.78, 5) is 27.5. The predicted octanol–water partition coefficient (Wildman–Crippen LogP) is 1.35. The van der Waals surface area contributed by atoms with Gasteiger partial charge in [0.05, 0.1) is 30.6 Å². The van der Waals surface area contributed by atoms with Crippen molar-refractivity contribution >= 4 is 23.4 Å². The lowest BCUT2D eigenvalue weighted by Gasteiger charge is -2.28. The number of anilines is 2. The fraction of sp³-hybridized carbons (Fsp3) is 0.412. The van der Waals surface area contributed by atoms with Gasteiger partial charge in [-0.15, -0.1) is 0 Å².